The van der Waals surface area contributed by atoms with Gasteiger partial charge in [0.1, 0.15) is 0 Å². The molecule has 4 fully saturated rings. The fraction of sp³-hybridized carbons (Fsp3) is 1.00. The number of hydrogen-bond donors (Lipinski definition) is 1. The van der Waals surface area contributed by atoms with E-state index in [9.17, 15) is 0 Å². The Kier molecular flexibility index (Phi) is 2.90. The largest absolute Gasteiger partial charge is 0.312 e. The van der Waals surface area contributed by atoms with Gasteiger partial charge in [-0.05, 0) is 58.0 Å². The van der Waals surface area contributed by atoms with Crippen LogP contribution in [0.4, 0.5) is 0 Å². The van der Waals surface area contributed by atoms with Crippen molar-refractivity contribution in [3.63, 3.8) is 0 Å². The van der Waals surface area contributed by atoms with E-state index in [-0.39, 0.29) is 0 Å². The maximum Gasteiger partial charge on any atom is 0.0235 e. The van der Waals surface area contributed by atoms with Crippen LogP contribution in [0.1, 0.15) is 38.5 Å². The van der Waals surface area contributed by atoms with Crippen LogP contribution in [0, 0.1) is 5.92 Å². The second-order valence-corrected chi connectivity index (χ2v) is 7.09. The quantitative estimate of drug-likeness (QED) is 0.755. The number of rotatable bonds is 1. The standard InChI is InChI=1S/C15H27N3/c1-17-12-4-5-13(17)8-14(7-12)18-9-11-3-2-6-16-15(11)10-18/h11-16H,2-10H2,1H3/t11-,12?,13?,14?,15+/m0/s1. The van der Waals surface area contributed by atoms with Gasteiger partial charge in [0.15, 0.2) is 0 Å². The lowest BCUT2D eigenvalue weighted by molar-refractivity contribution is 0.0869. The van der Waals surface area contributed by atoms with Crippen molar-refractivity contribution in [3.05, 3.63) is 0 Å². The highest BCUT2D eigenvalue weighted by molar-refractivity contribution is 5.01. The molecule has 4 heterocycles. The van der Waals surface area contributed by atoms with Gasteiger partial charge in [-0.25, -0.2) is 0 Å². The molecule has 4 saturated heterocycles. The van der Waals surface area contributed by atoms with E-state index in [4.69, 9.17) is 0 Å². The van der Waals surface area contributed by atoms with Gasteiger partial charge in [-0.3, -0.25) is 4.90 Å². The number of hydrogen-bond acceptors (Lipinski definition) is 3. The van der Waals surface area contributed by atoms with Crippen LogP contribution < -0.4 is 5.32 Å². The van der Waals surface area contributed by atoms with Crippen molar-refractivity contribution in [2.24, 2.45) is 5.92 Å². The number of nitrogens with zero attached hydrogens (tertiary/aromatic N) is 2. The average Bonchev–Trinajstić information content (AvgIpc) is 2.87. The maximum absolute atomic E-state index is 3.74. The van der Waals surface area contributed by atoms with Crippen molar-refractivity contribution in [2.45, 2.75) is 62.7 Å². The van der Waals surface area contributed by atoms with E-state index >= 15 is 0 Å². The van der Waals surface area contributed by atoms with Gasteiger partial charge in [-0.1, -0.05) is 0 Å². The molecule has 2 unspecified atom stereocenters. The molecule has 0 aromatic carbocycles. The zero-order valence-electron chi connectivity index (χ0n) is 11.6. The van der Waals surface area contributed by atoms with Crippen LogP contribution in [0.5, 0.6) is 0 Å². The van der Waals surface area contributed by atoms with E-state index in [1.54, 1.807) is 0 Å². The number of fused-ring (bicyclic) bond motifs is 3. The summed E-state index contributed by atoms with van der Waals surface area (Å²) < 4.78 is 0. The SMILES string of the molecule is CN1C2CCC1CC(N1C[C@@H]3CCCN[C@@H]3C1)C2. The fourth-order valence-electron chi connectivity index (χ4n) is 5.06. The third-order valence-electron chi connectivity index (χ3n) is 6.22. The van der Waals surface area contributed by atoms with Crippen molar-refractivity contribution in [1.82, 2.24) is 15.1 Å². The summed E-state index contributed by atoms with van der Waals surface area (Å²) in [7, 11) is 2.35. The Balaban J connectivity index is 1.43. The molecule has 0 aromatic heterocycles. The highest BCUT2D eigenvalue weighted by atomic mass is 15.3. The Morgan fingerprint density at radius 3 is 2.44 bits per heavy atom. The molecule has 0 radical (unpaired) electrons. The minimum Gasteiger partial charge on any atom is -0.312 e. The minimum absolute atomic E-state index is 0.816. The Labute approximate surface area is 111 Å². The van der Waals surface area contributed by atoms with Gasteiger partial charge in [-0.15, -0.1) is 0 Å². The van der Waals surface area contributed by atoms with Crippen LogP contribution in [0.3, 0.4) is 0 Å². The molecule has 0 aliphatic carbocycles. The van der Waals surface area contributed by atoms with E-state index in [1.807, 2.05) is 0 Å². The summed E-state index contributed by atoms with van der Waals surface area (Å²) in [5.74, 6) is 0.955. The molecule has 1 N–H and O–H groups in total. The Bertz CT molecular complexity index is 291. The molecule has 4 rings (SSSR count). The van der Waals surface area contributed by atoms with Crippen molar-refractivity contribution < 1.29 is 0 Å². The first kappa shape index (κ1) is 11.7. The summed E-state index contributed by atoms with van der Waals surface area (Å²) in [4.78, 5) is 5.50. The number of piperidine rings is 2. The zero-order chi connectivity index (χ0) is 12.1. The minimum atomic E-state index is 0.816. The zero-order valence-corrected chi connectivity index (χ0v) is 11.6. The molecule has 3 nitrogen and oxygen atoms in total. The summed E-state index contributed by atoms with van der Waals surface area (Å²) in [5, 5.41) is 3.74. The molecule has 102 valence electrons. The normalized spacial score (nSPS) is 49.5. The van der Waals surface area contributed by atoms with E-state index in [1.165, 1.54) is 58.2 Å². The summed E-state index contributed by atoms with van der Waals surface area (Å²) in [6, 6.07) is 3.50. The second-order valence-electron chi connectivity index (χ2n) is 7.09. The first-order chi connectivity index (χ1) is 8.81. The van der Waals surface area contributed by atoms with Crippen LogP contribution in [-0.4, -0.2) is 60.6 Å². The van der Waals surface area contributed by atoms with E-state index < -0.39 is 0 Å². The summed E-state index contributed by atoms with van der Waals surface area (Å²) in [5.41, 5.74) is 0. The smallest absolute Gasteiger partial charge is 0.0235 e. The van der Waals surface area contributed by atoms with Crippen molar-refractivity contribution in [1.29, 1.82) is 0 Å². The number of likely N-dealkylation sites (tertiary alicyclic amines) is 1. The van der Waals surface area contributed by atoms with E-state index in [0.29, 0.717) is 0 Å². The van der Waals surface area contributed by atoms with E-state index in [2.05, 4.69) is 22.2 Å². The molecule has 4 atom stereocenters. The summed E-state index contributed by atoms with van der Waals surface area (Å²) in [6.07, 6.45) is 8.65. The van der Waals surface area contributed by atoms with Gasteiger partial charge in [0, 0.05) is 37.3 Å². The topological polar surface area (TPSA) is 18.5 Å². The predicted molar refractivity (Wildman–Crippen MR) is 73.7 cm³/mol. The Morgan fingerprint density at radius 1 is 0.944 bits per heavy atom. The Morgan fingerprint density at radius 2 is 1.72 bits per heavy atom. The van der Waals surface area contributed by atoms with Gasteiger partial charge >= 0.3 is 0 Å². The Hall–Kier alpha value is -0.120. The van der Waals surface area contributed by atoms with Crippen molar-refractivity contribution in [2.75, 3.05) is 26.7 Å². The summed E-state index contributed by atoms with van der Waals surface area (Å²) in [6.45, 7) is 3.97. The fourth-order valence-corrected chi connectivity index (χ4v) is 5.06. The number of nitrogens with one attached hydrogen (secondary N) is 1. The lowest BCUT2D eigenvalue weighted by atomic mass is 9.94. The van der Waals surface area contributed by atoms with Gasteiger partial charge in [0.05, 0.1) is 0 Å². The van der Waals surface area contributed by atoms with Crippen LogP contribution in [0.2, 0.25) is 0 Å². The monoisotopic (exact) mass is 249 g/mol. The first-order valence-electron chi connectivity index (χ1n) is 8.00. The summed E-state index contributed by atoms with van der Waals surface area (Å²) >= 11 is 0. The van der Waals surface area contributed by atoms with Crippen LogP contribution >= 0.6 is 0 Å². The molecule has 0 saturated carbocycles. The van der Waals surface area contributed by atoms with Crippen LogP contribution in [0.25, 0.3) is 0 Å². The first-order valence-corrected chi connectivity index (χ1v) is 8.00. The molecule has 3 heteroatoms. The van der Waals surface area contributed by atoms with Crippen molar-refractivity contribution in [3.8, 4) is 0 Å². The van der Waals surface area contributed by atoms with Gasteiger partial charge in [0.2, 0.25) is 0 Å². The second kappa shape index (κ2) is 4.46. The molecule has 18 heavy (non-hydrogen) atoms. The lowest BCUT2D eigenvalue weighted by Crippen LogP contribution is -2.49. The maximum atomic E-state index is 3.74. The predicted octanol–water partition coefficient (Wildman–Crippen LogP) is 1.30. The van der Waals surface area contributed by atoms with Gasteiger partial charge < -0.3 is 10.2 Å². The molecule has 4 aliphatic rings. The van der Waals surface area contributed by atoms with Crippen LogP contribution in [-0.2, 0) is 0 Å². The van der Waals surface area contributed by atoms with Gasteiger partial charge in [0.25, 0.3) is 0 Å². The third-order valence-corrected chi connectivity index (χ3v) is 6.22. The molecular weight excluding hydrogens is 222 g/mol. The highest BCUT2D eigenvalue weighted by Crippen LogP contribution is 2.38. The molecular formula is C15H27N3. The molecule has 0 amide bonds. The van der Waals surface area contributed by atoms with Crippen molar-refractivity contribution >= 4 is 0 Å². The average molecular weight is 249 g/mol. The lowest BCUT2D eigenvalue weighted by Gasteiger charge is -2.40. The molecule has 0 aromatic rings. The molecule has 4 aliphatic heterocycles. The highest BCUT2D eigenvalue weighted by Gasteiger charge is 2.44. The molecule has 2 bridgehead atoms. The molecule has 0 spiro atoms. The van der Waals surface area contributed by atoms with Gasteiger partial charge in [-0.2, -0.15) is 0 Å². The third kappa shape index (κ3) is 1.83. The van der Waals surface area contributed by atoms with E-state index in [0.717, 1.165) is 30.1 Å². The van der Waals surface area contributed by atoms with Crippen LogP contribution in [0.15, 0.2) is 0 Å².